The van der Waals surface area contributed by atoms with Crippen molar-refractivity contribution >= 4 is 0 Å². The Kier molecular flexibility index (Phi) is 1.61. The van der Waals surface area contributed by atoms with E-state index in [4.69, 9.17) is 0 Å². The van der Waals surface area contributed by atoms with Crippen molar-refractivity contribution in [2.45, 2.75) is 45.6 Å². The van der Waals surface area contributed by atoms with Crippen molar-refractivity contribution in [2.24, 2.45) is 17.3 Å². The maximum atomic E-state index is 3.56. The van der Waals surface area contributed by atoms with Gasteiger partial charge in [0.05, 0.1) is 0 Å². The van der Waals surface area contributed by atoms with Gasteiger partial charge in [0.25, 0.3) is 0 Å². The molecule has 12 heavy (non-hydrogen) atoms. The first-order valence-electron chi connectivity index (χ1n) is 5.21. The summed E-state index contributed by atoms with van der Waals surface area (Å²) in [7, 11) is 2.13. The highest BCUT2D eigenvalue weighted by Gasteiger charge is 2.59. The molecule has 0 heterocycles. The molecule has 0 unspecified atom stereocenters. The van der Waals surface area contributed by atoms with Crippen molar-refractivity contribution in [3.63, 3.8) is 0 Å². The lowest BCUT2D eigenvalue weighted by Crippen LogP contribution is -2.55. The Hall–Kier alpha value is -0.0400. The summed E-state index contributed by atoms with van der Waals surface area (Å²) in [4.78, 5) is 0. The molecule has 70 valence electrons. The second-order valence-electron chi connectivity index (χ2n) is 5.38. The number of hydrogen-bond donors (Lipinski definition) is 1. The van der Waals surface area contributed by atoms with E-state index < -0.39 is 0 Å². The average molecular weight is 167 g/mol. The second-order valence-corrected chi connectivity index (χ2v) is 5.38. The minimum atomic E-state index is 0.399. The van der Waals surface area contributed by atoms with Gasteiger partial charge in [0.2, 0.25) is 0 Å². The monoisotopic (exact) mass is 167 g/mol. The summed E-state index contributed by atoms with van der Waals surface area (Å²) in [6, 6.07) is 0. The second kappa shape index (κ2) is 2.25. The van der Waals surface area contributed by atoms with Crippen LogP contribution >= 0.6 is 0 Å². The van der Waals surface area contributed by atoms with Crippen LogP contribution in [0.15, 0.2) is 0 Å². The first-order valence-corrected chi connectivity index (χ1v) is 5.21. The van der Waals surface area contributed by atoms with Crippen LogP contribution in [0.25, 0.3) is 0 Å². The van der Waals surface area contributed by atoms with Crippen LogP contribution in [0.5, 0.6) is 0 Å². The summed E-state index contributed by atoms with van der Waals surface area (Å²) in [5, 5.41) is 3.56. The van der Waals surface area contributed by atoms with Crippen molar-refractivity contribution in [3.05, 3.63) is 0 Å². The Morgan fingerprint density at radius 2 is 1.67 bits per heavy atom. The average Bonchev–Trinajstić information content (AvgIpc) is 2.55. The molecule has 2 fully saturated rings. The highest BCUT2D eigenvalue weighted by Crippen LogP contribution is 2.60. The molecular weight excluding hydrogens is 146 g/mol. The molecule has 2 aliphatic carbocycles. The van der Waals surface area contributed by atoms with Crippen molar-refractivity contribution in [2.75, 3.05) is 7.05 Å². The van der Waals surface area contributed by atoms with Crippen molar-refractivity contribution < 1.29 is 0 Å². The quantitative estimate of drug-likeness (QED) is 0.632. The summed E-state index contributed by atoms with van der Waals surface area (Å²) in [6.45, 7) is 7.29. The van der Waals surface area contributed by atoms with E-state index in [1.54, 1.807) is 0 Å². The molecule has 0 saturated heterocycles. The zero-order valence-corrected chi connectivity index (χ0v) is 8.78. The molecule has 0 aliphatic heterocycles. The molecule has 2 bridgehead atoms. The maximum absolute atomic E-state index is 3.56. The van der Waals surface area contributed by atoms with E-state index in [0.717, 1.165) is 11.8 Å². The van der Waals surface area contributed by atoms with Gasteiger partial charge >= 0.3 is 0 Å². The van der Waals surface area contributed by atoms with E-state index in [9.17, 15) is 0 Å². The minimum Gasteiger partial charge on any atom is -0.314 e. The molecule has 2 aliphatic rings. The van der Waals surface area contributed by atoms with E-state index in [0.29, 0.717) is 11.0 Å². The summed E-state index contributed by atoms with van der Waals surface area (Å²) in [5.41, 5.74) is 0.903. The molecule has 0 aromatic heterocycles. The maximum Gasteiger partial charge on any atom is 0.0232 e. The van der Waals surface area contributed by atoms with E-state index >= 15 is 0 Å². The van der Waals surface area contributed by atoms with Crippen LogP contribution in [0, 0.1) is 17.3 Å². The fraction of sp³-hybridized carbons (Fsp3) is 1.00. The smallest absolute Gasteiger partial charge is 0.0232 e. The van der Waals surface area contributed by atoms with Crippen LogP contribution in [0.1, 0.15) is 40.0 Å². The fourth-order valence-corrected chi connectivity index (χ4v) is 3.64. The number of nitrogens with one attached hydrogen (secondary N) is 1. The van der Waals surface area contributed by atoms with E-state index in [1.807, 2.05) is 0 Å². The van der Waals surface area contributed by atoms with Gasteiger partial charge < -0.3 is 5.32 Å². The zero-order chi connectivity index (χ0) is 8.98. The third-order valence-electron chi connectivity index (χ3n) is 5.13. The Bertz CT molecular complexity index is 197. The van der Waals surface area contributed by atoms with Gasteiger partial charge in [-0.25, -0.2) is 0 Å². The molecule has 0 aromatic carbocycles. The summed E-state index contributed by atoms with van der Waals surface area (Å²) >= 11 is 0. The molecule has 2 saturated carbocycles. The first kappa shape index (κ1) is 8.55. The largest absolute Gasteiger partial charge is 0.314 e. The molecule has 2 rings (SSSR count). The lowest BCUT2D eigenvalue weighted by molar-refractivity contribution is 0.0732. The minimum absolute atomic E-state index is 0.399. The third kappa shape index (κ3) is 0.736. The highest BCUT2D eigenvalue weighted by molar-refractivity contribution is 5.13. The third-order valence-corrected chi connectivity index (χ3v) is 5.13. The van der Waals surface area contributed by atoms with Crippen molar-refractivity contribution in [1.29, 1.82) is 0 Å². The van der Waals surface area contributed by atoms with Crippen LogP contribution in [0.4, 0.5) is 0 Å². The summed E-state index contributed by atoms with van der Waals surface area (Å²) in [6.07, 6.45) is 4.38. The lowest BCUT2D eigenvalue weighted by atomic mass is 9.64. The Labute approximate surface area is 75.9 Å². The highest BCUT2D eigenvalue weighted by atomic mass is 15.0. The molecule has 1 heteroatoms. The summed E-state index contributed by atoms with van der Waals surface area (Å²) < 4.78 is 0. The van der Waals surface area contributed by atoms with Gasteiger partial charge in [-0.05, 0) is 50.5 Å². The molecule has 1 N–H and O–H groups in total. The lowest BCUT2D eigenvalue weighted by Gasteiger charge is -2.47. The van der Waals surface area contributed by atoms with Gasteiger partial charge in [-0.3, -0.25) is 0 Å². The van der Waals surface area contributed by atoms with Gasteiger partial charge in [-0.15, -0.1) is 0 Å². The zero-order valence-electron chi connectivity index (χ0n) is 8.78. The van der Waals surface area contributed by atoms with E-state index in [1.165, 1.54) is 19.3 Å². The van der Waals surface area contributed by atoms with Gasteiger partial charge in [0.15, 0.2) is 0 Å². The molecular formula is C11H21N. The van der Waals surface area contributed by atoms with E-state index in [-0.39, 0.29) is 0 Å². The fourth-order valence-electron chi connectivity index (χ4n) is 3.64. The molecule has 0 spiro atoms. The predicted octanol–water partition coefficient (Wildman–Crippen LogP) is 2.42. The molecule has 0 amide bonds. The summed E-state index contributed by atoms with van der Waals surface area (Å²) in [5.74, 6) is 1.91. The molecule has 0 radical (unpaired) electrons. The number of hydrogen-bond acceptors (Lipinski definition) is 1. The first-order chi connectivity index (χ1) is 5.52. The van der Waals surface area contributed by atoms with Gasteiger partial charge in [0, 0.05) is 5.54 Å². The number of rotatable bonds is 1. The van der Waals surface area contributed by atoms with Crippen LogP contribution in [0.3, 0.4) is 0 Å². The van der Waals surface area contributed by atoms with Gasteiger partial charge in [0.1, 0.15) is 0 Å². The Morgan fingerprint density at radius 1 is 1.08 bits per heavy atom. The molecule has 1 nitrogen and oxygen atoms in total. The van der Waals surface area contributed by atoms with Crippen LogP contribution in [-0.4, -0.2) is 12.6 Å². The Morgan fingerprint density at radius 3 is 2.00 bits per heavy atom. The van der Waals surface area contributed by atoms with Crippen molar-refractivity contribution in [1.82, 2.24) is 5.32 Å². The molecule has 0 aromatic rings. The van der Waals surface area contributed by atoms with Crippen LogP contribution in [-0.2, 0) is 0 Å². The Balaban J connectivity index is 2.34. The van der Waals surface area contributed by atoms with E-state index in [2.05, 4.69) is 33.1 Å². The predicted molar refractivity (Wildman–Crippen MR) is 52.1 cm³/mol. The molecule has 3 atom stereocenters. The van der Waals surface area contributed by atoms with Crippen LogP contribution in [0.2, 0.25) is 0 Å². The van der Waals surface area contributed by atoms with Gasteiger partial charge in [-0.1, -0.05) is 13.8 Å². The number of fused-ring (bicyclic) bond motifs is 2. The van der Waals surface area contributed by atoms with Crippen molar-refractivity contribution in [3.8, 4) is 0 Å². The topological polar surface area (TPSA) is 12.0 Å². The normalized spacial score (nSPS) is 50.0. The van der Waals surface area contributed by atoms with Crippen LogP contribution < -0.4 is 5.32 Å². The standard InChI is InChI=1S/C11H21N/c1-10(2)8-5-6-9(7-8)11(10,3)12-4/h8-9,12H,5-7H2,1-4H3/t8-,9-,11-/m0/s1. The SMILES string of the molecule is CN[C@@]1(C)[C@H]2CC[C@@H](C2)C1(C)C. The van der Waals surface area contributed by atoms with Gasteiger partial charge in [-0.2, -0.15) is 0 Å².